The van der Waals surface area contributed by atoms with E-state index in [1.165, 1.54) is 5.56 Å². The van der Waals surface area contributed by atoms with Gasteiger partial charge in [-0.3, -0.25) is 4.79 Å². The first-order valence-corrected chi connectivity index (χ1v) is 7.19. The summed E-state index contributed by atoms with van der Waals surface area (Å²) in [5.41, 5.74) is 3.64. The normalized spacial score (nSPS) is 10.5. The van der Waals surface area contributed by atoms with Crippen molar-refractivity contribution >= 4 is 17.3 Å². The molecule has 2 aromatic rings. The fraction of sp³-hybridized carbons (Fsp3) is 0.278. The molecule has 0 atom stereocenters. The zero-order valence-corrected chi connectivity index (χ0v) is 13.1. The maximum absolute atomic E-state index is 12.7. The molecule has 0 aliphatic rings. The zero-order chi connectivity index (χ0) is 15.4. The van der Waals surface area contributed by atoms with Gasteiger partial charge in [-0.15, -0.1) is 0 Å². The number of amides is 1. The molecule has 0 aliphatic carbocycles. The highest BCUT2D eigenvalue weighted by Crippen LogP contribution is 2.21. The van der Waals surface area contributed by atoms with Gasteiger partial charge in [0.05, 0.1) is 5.56 Å². The Kier molecular flexibility index (Phi) is 4.63. The molecule has 0 saturated heterocycles. The van der Waals surface area contributed by atoms with Crippen LogP contribution in [0.1, 0.15) is 29.8 Å². The van der Waals surface area contributed by atoms with Gasteiger partial charge in [0.25, 0.3) is 5.91 Å². The molecule has 0 heterocycles. The number of para-hydroxylation sites is 1. The van der Waals surface area contributed by atoms with E-state index in [9.17, 15) is 4.79 Å². The Balaban J connectivity index is 2.29. The molecule has 2 rings (SSSR count). The molecule has 0 spiro atoms. The van der Waals surface area contributed by atoms with Gasteiger partial charge in [0.15, 0.2) is 0 Å². The summed E-state index contributed by atoms with van der Waals surface area (Å²) in [7, 11) is 1.80. The molecule has 2 aromatic carbocycles. The van der Waals surface area contributed by atoms with Crippen LogP contribution in [0.15, 0.2) is 48.5 Å². The third-order valence-electron chi connectivity index (χ3n) is 3.33. The van der Waals surface area contributed by atoms with Crippen LogP contribution in [-0.4, -0.2) is 19.0 Å². The number of carbonyl (C=O) groups excluding carboxylic acids is 1. The topological polar surface area (TPSA) is 32.3 Å². The first-order valence-electron chi connectivity index (χ1n) is 7.19. The molecule has 0 bridgehead atoms. The lowest BCUT2D eigenvalue weighted by molar-refractivity contribution is 0.0993. The minimum absolute atomic E-state index is 0.0115. The molecule has 0 aromatic heterocycles. The number of carbonyl (C=O) groups is 1. The highest BCUT2D eigenvalue weighted by Gasteiger charge is 2.17. The molecular formula is C18H22N2O. The van der Waals surface area contributed by atoms with Gasteiger partial charge < -0.3 is 10.2 Å². The van der Waals surface area contributed by atoms with Gasteiger partial charge in [-0.25, -0.2) is 0 Å². The third-order valence-corrected chi connectivity index (χ3v) is 3.33. The van der Waals surface area contributed by atoms with Gasteiger partial charge in [-0.2, -0.15) is 0 Å². The quantitative estimate of drug-likeness (QED) is 0.916. The van der Waals surface area contributed by atoms with E-state index in [-0.39, 0.29) is 11.9 Å². The maximum atomic E-state index is 12.7. The molecule has 0 saturated carbocycles. The molecule has 0 aliphatic heterocycles. The van der Waals surface area contributed by atoms with Gasteiger partial charge >= 0.3 is 0 Å². The molecule has 0 unspecified atom stereocenters. The van der Waals surface area contributed by atoms with Crippen LogP contribution >= 0.6 is 0 Å². The van der Waals surface area contributed by atoms with Crippen molar-refractivity contribution in [3.63, 3.8) is 0 Å². The summed E-state index contributed by atoms with van der Waals surface area (Å²) < 4.78 is 0. The third kappa shape index (κ3) is 3.63. The van der Waals surface area contributed by atoms with Gasteiger partial charge in [0.2, 0.25) is 0 Å². The van der Waals surface area contributed by atoms with Crippen LogP contribution in [-0.2, 0) is 0 Å². The lowest BCUT2D eigenvalue weighted by Gasteiger charge is -2.20. The van der Waals surface area contributed by atoms with Crippen molar-refractivity contribution in [3.05, 3.63) is 59.7 Å². The molecule has 0 radical (unpaired) electrons. The summed E-state index contributed by atoms with van der Waals surface area (Å²) >= 11 is 0. The van der Waals surface area contributed by atoms with Crippen molar-refractivity contribution in [1.29, 1.82) is 0 Å². The van der Waals surface area contributed by atoms with Crippen LogP contribution < -0.4 is 10.2 Å². The van der Waals surface area contributed by atoms with Gasteiger partial charge in [0.1, 0.15) is 0 Å². The minimum atomic E-state index is -0.0115. The van der Waals surface area contributed by atoms with E-state index in [1.54, 1.807) is 11.9 Å². The van der Waals surface area contributed by atoms with E-state index < -0.39 is 0 Å². The monoisotopic (exact) mass is 282 g/mol. The Morgan fingerprint density at radius 1 is 1.05 bits per heavy atom. The fourth-order valence-electron chi connectivity index (χ4n) is 2.17. The smallest absolute Gasteiger partial charge is 0.260 e. The molecule has 3 heteroatoms. The van der Waals surface area contributed by atoms with Crippen molar-refractivity contribution in [2.24, 2.45) is 0 Å². The molecular weight excluding hydrogens is 260 g/mol. The SMILES string of the molecule is Cc1ccc(N(C)C(=O)c2ccccc2NC(C)C)cc1. The summed E-state index contributed by atoms with van der Waals surface area (Å²) in [6.45, 7) is 6.16. The predicted molar refractivity (Wildman–Crippen MR) is 89.1 cm³/mol. The van der Waals surface area contributed by atoms with Crippen LogP contribution in [0.4, 0.5) is 11.4 Å². The highest BCUT2D eigenvalue weighted by molar-refractivity contribution is 6.09. The van der Waals surface area contributed by atoms with Crippen molar-refractivity contribution in [3.8, 4) is 0 Å². The summed E-state index contributed by atoms with van der Waals surface area (Å²) in [5.74, 6) is -0.0115. The fourth-order valence-corrected chi connectivity index (χ4v) is 2.17. The Bertz CT molecular complexity index is 617. The molecule has 3 nitrogen and oxygen atoms in total. The van der Waals surface area contributed by atoms with Gasteiger partial charge in [-0.1, -0.05) is 29.8 Å². The van der Waals surface area contributed by atoms with E-state index in [0.29, 0.717) is 5.56 Å². The Morgan fingerprint density at radius 2 is 1.67 bits per heavy atom. The van der Waals surface area contributed by atoms with Crippen molar-refractivity contribution in [2.45, 2.75) is 26.8 Å². The second kappa shape index (κ2) is 6.44. The largest absolute Gasteiger partial charge is 0.382 e. The number of hydrogen-bond acceptors (Lipinski definition) is 2. The Hall–Kier alpha value is -2.29. The zero-order valence-electron chi connectivity index (χ0n) is 13.1. The van der Waals surface area contributed by atoms with Crippen molar-refractivity contribution < 1.29 is 4.79 Å². The number of anilines is 2. The Morgan fingerprint density at radius 3 is 2.29 bits per heavy atom. The average molecular weight is 282 g/mol. The maximum Gasteiger partial charge on any atom is 0.260 e. The van der Waals surface area contributed by atoms with Crippen LogP contribution in [0.25, 0.3) is 0 Å². The molecule has 1 amide bonds. The molecule has 110 valence electrons. The van der Waals surface area contributed by atoms with Crippen LogP contribution in [0.2, 0.25) is 0 Å². The number of aryl methyl sites for hydroxylation is 1. The molecule has 1 N–H and O–H groups in total. The van der Waals surface area contributed by atoms with Gasteiger partial charge in [-0.05, 0) is 45.0 Å². The minimum Gasteiger partial charge on any atom is -0.382 e. The number of nitrogens with zero attached hydrogens (tertiary/aromatic N) is 1. The highest BCUT2D eigenvalue weighted by atomic mass is 16.2. The van der Waals surface area contributed by atoms with Crippen LogP contribution in [0.3, 0.4) is 0 Å². The summed E-state index contributed by atoms with van der Waals surface area (Å²) in [6.07, 6.45) is 0. The predicted octanol–water partition coefficient (Wildman–Crippen LogP) is 4.09. The summed E-state index contributed by atoms with van der Waals surface area (Å²) in [4.78, 5) is 14.4. The first-order chi connectivity index (χ1) is 9.99. The summed E-state index contributed by atoms with van der Waals surface area (Å²) in [6, 6.07) is 15.9. The lowest BCUT2D eigenvalue weighted by atomic mass is 10.1. The molecule has 0 fully saturated rings. The number of benzene rings is 2. The number of nitrogens with one attached hydrogen (secondary N) is 1. The Labute approximate surface area is 126 Å². The van der Waals surface area contributed by atoms with E-state index in [2.05, 4.69) is 19.2 Å². The lowest BCUT2D eigenvalue weighted by Crippen LogP contribution is -2.27. The van der Waals surface area contributed by atoms with Gasteiger partial charge in [0, 0.05) is 24.5 Å². The second-order valence-electron chi connectivity index (χ2n) is 5.54. The van der Waals surface area contributed by atoms with E-state index >= 15 is 0 Å². The van der Waals surface area contributed by atoms with E-state index in [0.717, 1.165) is 11.4 Å². The molecule has 21 heavy (non-hydrogen) atoms. The standard InChI is InChI=1S/C18H22N2O/c1-13(2)19-17-8-6-5-7-16(17)18(21)20(4)15-11-9-14(3)10-12-15/h5-13,19H,1-4H3. The van der Waals surface area contributed by atoms with E-state index in [1.807, 2.05) is 55.5 Å². The van der Waals surface area contributed by atoms with Crippen LogP contribution in [0, 0.1) is 6.92 Å². The second-order valence-corrected chi connectivity index (χ2v) is 5.54. The number of hydrogen-bond donors (Lipinski definition) is 1. The van der Waals surface area contributed by atoms with E-state index in [4.69, 9.17) is 0 Å². The van der Waals surface area contributed by atoms with Crippen molar-refractivity contribution in [2.75, 3.05) is 17.3 Å². The van der Waals surface area contributed by atoms with Crippen LogP contribution in [0.5, 0.6) is 0 Å². The number of rotatable bonds is 4. The summed E-state index contributed by atoms with van der Waals surface area (Å²) in [5, 5.41) is 3.32. The van der Waals surface area contributed by atoms with Crippen molar-refractivity contribution in [1.82, 2.24) is 0 Å². The first kappa shape index (κ1) is 15.1. The average Bonchev–Trinajstić information content (AvgIpc) is 2.46.